The summed E-state index contributed by atoms with van der Waals surface area (Å²) < 4.78 is 11.6. The summed E-state index contributed by atoms with van der Waals surface area (Å²) in [6.45, 7) is 10.3. The van der Waals surface area contributed by atoms with E-state index in [-0.39, 0.29) is 24.3 Å². The van der Waals surface area contributed by atoms with Crippen molar-refractivity contribution in [1.29, 1.82) is 0 Å². The Morgan fingerprint density at radius 2 is 1.74 bits per heavy atom. The Morgan fingerprint density at radius 3 is 2.31 bits per heavy atom. The lowest BCUT2D eigenvalue weighted by Crippen LogP contribution is -2.38. The van der Waals surface area contributed by atoms with Crippen LogP contribution < -0.4 is 16.0 Å². The fourth-order valence-electron chi connectivity index (χ4n) is 4.57. The summed E-state index contributed by atoms with van der Waals surface area (Å²) in [7, 11) is 5.03. The Hall–Kier alpha value is -3.54. The van der Waals surface area contributed by atoms with Gasteiger partial charge in [0.25, 0.3) is 5.56 Å². The monoisotopic (exact) mass is 535 g/mol. The minimum absolute atomic E-state index is 0. The van der Waals surface area contributed by atoms with E-state index in [9.17, 15) is 4.79 Å². The fourth-order valence-corrected chi connectivity index (χ4v) is 4.57. The van der Waals surface area contributed by atoms with Gasteiger partial charge in [0.2, 0.25) is 5.95 Å². The van der Waals surface area contributed by atoms with E-state index in [0.29, 0.717) is 0 Å². The van der Waals surface area contributed by atoms with Crippen molar-refractivity contribution in [3.8, 4) is 16.9 Å². The molecule has 1 aliphatic rings. The van der Waals surface area contributed by atoms with Crippen LogP contribution in [0.25, 0.3) is 11.1 Å². The summed E-state index contributed by atoms with van der Waals surface area (Å²) in [6.07, 6.45) is 6.73. The largest absolute Gasteiger partial charge is 0.502 e. The van der Waals surface area contributed by atoms with E-state index in [1.54, 1.807) is 21.3 Å². The second kappa shape index (κ2) is 15.8. The predicted octanol–water partition coefficient (Wildman–Crippen LogP) is 7.48. The first-order valence-corrected chi connectivity index (χ1v) is 13.4. The third-order valence-corrected chi connectivity index (χ3v) is 6.80. The number of hydrogen-bond acceptors (Lipinski definition) is 5. The first-order valence-electron chi connectivity index (χ1n) is 13.4. The molecular formula is C33H49N3O3. The number of nitrogens with zero attached hydrogens (tertiary/aromatic N) is 2. The molecule has 0 fully saturated rings. The van der Waals surface area contributed by atoms with Crippen LogP contribution in [0.3, 0.4) is 0 Å². The summed E-state index contributed by atoms with van der Waals surface area (Å²) >= 11 is 0. The summed E-state index contributed by atoms with van der Waals surface area (Å²) in [5, 5.41) is 0. The highest BCUT2D eigenvalue weighted by Gasteiger charge is 2.36. The van der Waals surface area contributed by atoms with Crippen molar-refractivity contribution in [2.45, 2.75) is 79.6 Å². The summed E-state index contributed by atoms with van der Waals surface area (Å²) in [4.78, 5) is 17.4. The lowest BCUT2D eigenvalue weighted by Gasteiger charge is -2.35. The van der Waals surface area contributed by atoms with Crippen LogP contribution in [-0.2, 0) is 30.0 Å². The highest BCUT2D eigenvalue weighted by atomic mass is 16.5. The van der Waals surface area contributed by atoms with Crippen LogP contribution in [0.1, 0.15) is 78.1 Å². The fraction of sp³-hybridized carbons (Fsp3) is 0.455. The Labute approximate surface area is 235 Å². The smallest absolute Gasteiger partial charge is 0.258 e. The van der Waals surface area contributed by atoms with Crippen LogP contribution in [-0.4, -0.2) is 23.8 Å². The number of nitrogens with two attached hydrogens (primary N) is 1. The number of aromatic nitrogens is 2. The highest BCUT2D eigenvalue weighted by Crippen LogP contribution is 2.38. The van der Waals surface area contributed by atoms with Gasteiger partial charge in [0.15, 0.2) is 0 Å². The Kier molecular flexibility index (Phi) is 13.5. The van der Waals surface area contributed by atoms with E-state index in [1.807, 2.05) is 38.1 Å². The lowest BCUT2D eigenvalue weighted by molar-refractivity contribution is 0.293. The van der Waals surface area contributed by atoms with Crippen molar-refractivity contribution < 1.29 is 9.47 Å². The number of methoxy groups -OCH3 is 2. The molecule has 0 radical (unpaired) electrons. The number of benzene rings is 2. The lowest BCUT2D eigenvalue weighted by atomic mass is 9.71. The van der Waals surface area contributed by atoms with Gasteiger partial charge >= 0.3 is 0 Å². The average Bonchev–Trinajstić information content (AvgIpc) is 2.93. The van der Waals surface area contributed by atoms with Gasteiger partial charge in [-0.25, -0.2) is 4.98 Å². The third kappa shape index (κ3) is 8.74. The molecule has 6 heteroatoms. The van der Waals surface area contributed by atoms with E-state index >= 15 is 0 Å². The van der Waals surface area contributed by atoms with E-state index in [0.717, 1.165) is 59.6 Å². The Balaban J connectivity index is 0.000000664. The van der Waals surface area contributed by atoms with Crippen molar-refractivity contribution >= 4 is 5.95 Å². The van der Waals surface area contributed by atoms with Gasteiger partial charge in [-0.2, -0.15) is 0 Å². The molecule has 214 valence electrons. The van der Waals surface area contributed by atoms with E-state index in [4.69, 9.17) is 15.2 Å². The summed E-state index contributed by atoms with van der Waals surface area (Å²) in [6, 6.07) is 16.6. The van der Waals surface area contributed by atoms with E-state index < -0.39 is 0 Å². The molecule has 3 aromatic rings. The molecule has 0 saturated carbocycles. The molecule has 1 aliphatic carbocycles. The molecule has 2 N–H and O–H groups in total. The van der Waals surface area contributed by atoms with Crippen LogP contribution in [0, 0.1) is 0 Å². The quantitative estimate of drug-likeness (QED) is 0.343. The minimum atomic E-state index is -0.206. The number of ether oxygens (including phenoxy) is 2. The van der Waals surface area contributed by atoms with Crippen LogP contribution >= 0.6 is 0 Å². The maximum Gasteiger partial charge on any atom is 0.258 e. The second-order valence-electron chi connectivity index (χ2n) is 10.00. The standard InChI is InChI=1S/C24H27N3O2.C5H10O.C3H8.CH4/c1-24(12-6-11-20-21(24)26-23(25)27(2)22(20)28)15-16-7-4-8-17(13-16)18-9-5-10-19(14-18)29-3;1-4-5(2)6-3;1-3-2;/h4-5,7-10,13-14H,6,11-12,15H2,1-3H3,(H2,25,26);4H,1-3H3;3H2,1-2H3;1H4/b;5-4+;;. The topological polar surface area (TPSA) is 79.4 Å². The Morgan fingerprint density at radius 1 is 1.13 bits per heavy atom. The maximum atomic E-state index is 12.7. The number of anilines is 1. The van der Waals surface area contributed by atoms with Crippen molar-refractivity contribution in [2.24, 2.45) is 7.05 Å². The summed E-state index contributed by atoms with van der Waals surface area (Å²) in [5.74, 6) is 2.10. The molecule has 1 aromatic heterocycles. The molecule has 0 aliphatic heterocycles. The first-order chi connectivity index (χ1) is 18.1. The van der Waals surface area contributed by atoms with Gasteiger partial charge in [-0.05, 0) is 68.4 Å². The molecule has 2 aromatic carbocycles. The maximum absolute atomic E-state index is 12.7. The molecule has 0 amide bonds. The van der Waals surface area contributed by atoms with Gasteiger partial charge in [-0.3, -0.25) is 9.36 Å². The van der Waals surface area contributed by atoms with Gasteiger partial charge in [-0.1, -0.05) is 77.1 Å². The number of hydrogen-bond donors (Lipinski definition) is 1. The van der Waals surface area contributed by atoms with Crippen molar-refractivity contribution in [2.75, 3.05) is 20.0 Å². The van der Waals surface area contributed by atoms with Gasteiger partial charge in [0.1, 0.15) is 5.75 Å². The molecule has 39 heavy (non-hydrogen) atoms. The normalized spacial score (nSPS) is 15.8. The van der Waals surface area contributed by atoms with Crippen LogP contribution in [0.2, 0.25) is 0 Å². The molecule has 1 atom stereocenters. The van der Waals surface area contributed by atoms with Gasteiger partial charge in [0.05, 0.1) is 25.7 Å². The minimum Gasteiger partial charge on any atom is -0.502 e. The molecule has 1 unspecified atom stereocenters. The van der Waals surface area contributed by atoms with Crippen molar-refractivity contribution in [3.63, 3.8) is 0 Å². The molecular weight excluding hydrogens is 486 g/mol. The van der Waals surface area contributed by atoms with Crippen LogP contribution in [0.4, 0.5) is 5.95 Å². The molecule has 6 nitrogen and oxygen atoms in total. The van der Waals surface area contributed by atoms with Crippen LogP contribution in [0.15, 0.2) is 65.2 Å². The second-order valence-corrected chi connectivity index (χ2v) is 10.00. The SMILES string of the molecule is C.C/C=C(\C)OC.CCC.COc1cccc(-c2cccc(CC3(C)CCCc4c3nc(N)n(C)c4=O)c2)c1. The Bertz CT molecular complexity index is 1280. The zero-order valence-electron chi connectivity index (χ0n) is 24.4. The average molecular weight is 536 g/mol. The van der Waals surface area contributed by atoms with Gasteiger partial charge in [0, 0.05) is 18.0 Å². The van der Waals surface area contributed by atoms with E-state index in [2.05, 4.69) is 56.1 Å². The molecule has 4 rings (SSSR count). The molecule has 0 saturated heterocycles. The highest BCUT2D eigenvalue weighted by molar-refractivity contribution is 5.66. The van der Waals surface area contributed by atoms with Crippen molar-refractivity contribution in [1.82, 2.24) is 9.55 Å². The van der Waals surface area contributed by atoms with Crippen molar-refractivity contribution in [3.05, 3.63) is 87.5 Å². The predicted molar refractivity (Wildman–Crippen MR) is 165 cm³/mol. The van der Waals surface area contributed by atoms with E-state index in [1.165, 1.54) is 16.6 Å². The summed E-state index contributed by atoms with van der Waals surface area (Å²) in [5.41, 5.74) is 11.0. The van der Waals surface area contributed by atoms with Gasteiger partial charge in [-0.15, -0.1) is 0 Å². The van der Waals surface area contributed by atoms with Gasteiger partial charge < -0.3 is 15.2 Å². The number of fused-ring (bicyclic) bond motifs is 1. The zero-order chi connectivity index (χ0) is 28.3. The molecule has 1 heterocycles. The number of allylic oxidation sites excluding steroid dienone is 2. The third-order valence-electron chi connectivity index (χ3n) is 6.80. The molecule has 0 spiro atoms. The van der Waals surface area contributed by atoms with Crippen LogP contribution in [0.5, 0.6) is 5.75 Å². The number of nitrogen functional groups attached to an aromatic ring is 1. The number of rotatable bonds is 5. The molecule has 0 bridgehead atoms. The zero-order valence-corrected chi connectivity index (χ0v) is 24.4. The first kappa shape index (κ1) is 33.5.